The molecule has 1 aromatic carbocycles. The second-order valence-corrected chi connectivity index (χ2v) is 4.07. The van der Waals surface area contributed by atoms with Crippen LogP contribution in [0.2, 0.25) is 0 Å². The van der Waals surface area contributed by atoms with Crippen LogP contribution in [0.3, 0.4) is 0 Å². The van der Waals surface area contributed by atoms with Crippen LogP contribution < -0.4 is 5.32 Å². The zero-order chi connectivity index (χ0) is 11.0. The van der Waals surface area contributed by atoms with Gasteiger partial charge in [0.2, 0.25) is 11.0 Å². The lowest BCUT2D eigenvalue weighted by Gasteiger charge is -1.87. The summed E-state index contributed by atoms with van der Waals surface area (Å²) in [5, 5.41) is 4.81. The minimum absolute atomic E-state index is 0.630. The van der Waals surface area contributed by atoms with Crippen LogP contribution in [0.4, 0.5) is 5.13 Å². The number of anilines is 1. The van der Waals surface area contributed by atoms with E-state index in [9.17, 15) is 0 Å². The zero-order valence-electron chi connectivity index (χ0n) is 8.60. The molecule has 0 saturated carbocycles. The highest BCUT2D eigenvalue weighted by Gasteiger charge is 2.10. The predicted octanol–water partition coefficient (Wildman–Crippen LogP) is 2.99. The molecule has 0 unspecified atom stereocenters. The third kappa shape index (κ3) is 1.45. The summed E-state index contributed by atoms with van der Waals surface area (Å²) in [5.74, 6) is 1.34. The van der Waals surface area contributed by atoms with Crippen LogP contribution in [0.25, 0.3) is 22.6 Å². The van der Waals surface area contributed by atoms with Gasteiger partial charge >= 0.3 is 0 Å². The molecule has 0 radical (unpaired) electrons. The second kappa shape index (κ2) is 3.61. The molecule has 0 aliphatic carbocycles. The fourth-order valence-corrected chi connectivity index (χ4v) is 2.04. The van der Waals surface area contributed by atoms with Gasteiger partial charge in [-0.1, -0.05) is 18.2 Å². The molecule has 5 heteroatoms. The first-order valence-electron chi connectivity index (χ1n) is 4.87. The maximum absolute atomic E-state index is 5.67. The summed E-state index contributed by atoms with van der Waals surface area (Å²) in [6.07, 6.45) is 0. The minimum Gasteiger partial charge on any atom is -0.453 e. The van der Waals surface area contributed by atoms with Gasteiger partial charge < -0.3 is 9.73 Å². The van der Waals surface area contributed by atoms with Crippen molar-refractivity contribution in [3.63, 3.8) is 0 Å². The first-order valence-corrected chi connectivity index (χ1v) is 5.64. The molecule has 3 aromatic rings. The SMILES string of the molecule is CNc1nc(-c2cc3ccccc3o2)ns1. The van der Waals surface area contributed by atoms with Gasteiger partial charge in [-0.3, -0.25) is 0 Å². The standard InChI is InChI=1S/C11H9N3OS/c1-12-11-13-10(14-16-11)9-6-7-4-2-3-5-8(7)15-9/h2-6H,1H3,(H,12,13,14). The Labute approximate surface area is 96.1 Å². The zero-order valence-corrected chi connectivity index (χ0v) is 9.41. The Morgan fingerprint density at radius 3 is 2.94 bits per heavy atom. The molecule has 0 saturated heterocycles. The summed E-state index contributed by atoms with van der Waals surface area (Å²) >= 11 is 1.32. The molecule has 3 rings (SSSR count). The van der Waals surface area contributed by atoms with E-state index in [0.717, 1.165) is 16.1 Å². The van der Waals surface area contributed by atoms with Gasteiger partial charge in [0.15, 0.2) is 5.76 Å². The Kier molecular flexibility index (Phi) is 2.11. The topological polar surface area (TPSA) is 51.0 Å². The van der Waals surface area contributed by atoms with Crippen LogP contribution in [0.15, 0.2) is 34.7 Å². The maximum atomic E-state index is 5.67. The molecule has 16 heavy (non-hydrogen) atoms. The third-order valence-electron chi connectivity index (χ3n) is 2.29. The molecular weight excluding hydrogens is 222 g/mol. The lowest BCUT2D eigenvalue weighted by Crippen LogP contribution is -1.85. The van der Waals surface area contributed by atoms with Crippen molar-refractivity contribution >= 4 is 27.6 Å². The van der Waals surface area contributed by atoms with Crippen LogP contribution in [-0.4, -0.2) is 16.4 Å². The van der Waals surface area contributed by atoms with Crippen molar-refractivity contribution in [1.29, 1.82) is 0 Å². The van der Waals surface area contributed by atoms with Gasteiger partial charge in [0.05, 0.1) is 0 Å². The van der Waals surface area contributed by atoms with Crippen LogP contribution >= 0.6 is 11.5 Å². The number of aromatic nitrogens is 2. The number of fused-ring (bicyclic) bond motifs is 1. The highest BCUT2D eigenvalue weighted by molar-refractivity contribution is 7.09. The minimum atomic E-state index is 0.630. The predicted molar refractivity (Wildman–Crippen MR) is 64.7 cm³/mol. The van der Waals surface area contributed by atoms with E-state index < -0.39 is 0 Å². The first kappa shape index (κ1) is 9.35. The maximum Gasteiger partial charge on any atom is 0.210 e. The van der Waals surface area contributed by atoms with Crippen molar-refractivity contribution < 1.29 is 4.42 Å². The molecule has 80 valence electrons. The van der Waals surface area contributed by atoms with E-state index in [4.69, 9.17) is 4.42 Å². The molecule has 0 amide bonds. The van der Waals surface area contributed by atoms with Gasteiger partial charge in [0.1, 0.15) is 5.58 Å². The van der Waals surface area contributed by atoms with E-state index in [1.165, 1.54) is 11.5 Å². The number of furan rings is 1. The molecule has 4 nitrogen and oxygen atoms in total. The summed E-state index contributed by atoms with van der Waals surface area (Å²) in [6, 6.07) is 9.83. The van der Waals surface area contributed by atoms with Crippen LogP contribution in [0, 0.1) is 0 Å². The van der Waals surface area contributed by atoms with Crippen molar-refractivity contribution in [2.75, 3.05) is 12.4 Å². The van der Waals surface area contributed by atoms with E-state index in [0.29, 0.717) is 11.6 Å². The van der Waals surface area contributed by atoms with Crippen molar-refractivity contribution in [2.45, 2.75) is 0 Å². The highest BCUT2D eigenvalue weighted by Crippen LogP contribution is 2.27. The van der Waals surface area contributed by atoms with Crippen molar-refractivity contribution in [3.8, 4) is 11.6 Å². The molecule has 0 aliphatic heterocycles. The monoisotopic (exact) mass is 231 g/mol. The Bertz CT molecular complexity index is 596. The number of hydrogen-bond acceptors (Lipinski definition) is 5. The molecule has 2 aromatic heterocycles. The summed E-state index contributed by atoms with van der Waals surface area (Å²) in [6.45, 7) is 0. The number of para-hydroxylation sites is 1. The van der Waals surface area contributed by atoms with Gasteiger partial charge in [-0.25, -0.2) is 0 Å². The Balaban J connectivity index is 2.11. The highest BCUT2D eigenvalue weighted by atomic mass is 32.1. The molecular formula is C11H9N3OS. The molecule has 1 N–H and O–H groups in total. The summed E-state index contributed by atoms with van der Waals surface area (Å²) in [4.78, 5) is 4.30. The van der Waals surface area contributed by atoms with Crippen molar-refractivity contribution in [1.82, 2.24) is 9.36 Å². The molecule has 0 spiro atoms. The van der Waals surface area contributed by atoms with E-state index in [1.54, 1.807) is 0 Å². The van der Waals surface area contributed by atoms with Gasteiger partial charge in [-0.2, -0.15) is 9.36 Å². The lowest BCUT2D eigenvalue weighted by atomic mass is 10.2. The van der Waals surface area contributed by atoms with Gasteiger partial charge in [-0.15, -0.1) is 0 Å². The molecule has 2 heterocycles. The average molecular weight is 231 g/mol. The largest absolute Gasteiger partial charge is 0.453 e. The Morgan fingerprint density at radius 2 is 2.19 bits per heavy atom. The number of nitrogens with one attached hydrogen (secondary N) is 1. The summed E-state index contributed by atoms with van der Waals surface area (Å²) in [7, 11) is 1.82. The van der Waals surface area contributed by atoms with E-state index in [-0.39, 0.29) is 0 Å². The number of hydrogen-bond donors (Lipinski definition) is 1. The van der Waals surface area contributed by atoms with E-state index in [2.05, 4.69) is 14.7 Å². The fourth-order valence-electron chi connectivity index (χ4n) is 1.52. The van der Waals surface area contributed by atoms with Gasteiger partial charge in [0, 0.05) is 24.0 Å². The summed E-state index contributed by atoms with van der Waals surface area (Å²) < 4.78 is 9.89. The van der Waals surface area contributed by atoms with Crippen LogP contribution in [-0.2, 0) is 0 Å². The quantitative estimate of drug-likeness (QED) is 0.736. The molecule has 0 aliphatic rings. The van der Waals surface area contributed by atoms with Crippen molar-refractivity contribution in [2.24, 2.45) is 0 Å². The molecule has 0 bridgehead atoms. The van der Waals surface area contributed by atoms with Crippen molar-refractivity contribution in [3.05, 3.63) is 30.3 Å². The van der Waals surface area contributed by atoms with E-state index in [1.807, 2.05) is 37.4 Å². The Morgan fingerprint density at radius 1 is 1.31 bits per heavy atom. The molecule has 0 atom stereocenters. The Hall–Kier alpha value is -1.88. The normalized spacial score (nSPS) is 10.8. The van der Waals surface area contributed by atoms with Crippen LogP contribution in [0.1, 0.15) is 0 Å². The first-order chi connectivity index (χ1) is 7.86. The van der Waals surface area contributed by atoms with Crippen LogP contribution in [0.5, 0.6) is 0 Å². The summed E-state index contributed by atoms with van der Waals surface area (Å²) in [5.41, 5.74) is 0.860. The van der Waals surface area contributed by atoms with Gasteiger partial charge in [0.25, 0.3) is 0 Å². The second-order valence-electron chi connectivity index (χ2n) is 3.32. The van der Waals surface area contributed by atoms with E-state index >= 15 is 0 Å². The third-order valence-corrected chi connectivity index (χ3v) is 3.02. The smallest absolute Gasteiger partial charge is 0.210 e. The lowest BCUT2D eigenvalue weighted by molar-refractivity contribution is 0.627. The number of rotatable bonds is 2. The van der Waals surface area contributed by atoms with Gasteiger partial charge in [-0.05, 0) is 12.1 Å². The number of benzene rings is 1. The fraction of sp³-hybridized carbons (Fsp3) is 0.0909. The number of nitrogens with zero attached hydrogens (tertiary/aromatic N) is 2. The average Bonchev–Trinajstić information content (AvgIpc) is 2.95. The molecule has 0 fully saturated rings.